The molecular formula is C17H19NO2. The zero-order valence-electron chi connectivity index (χ0n) is 11.3. The third-order valence-electron chi connectivity index (χ3n) is 3.68. The molecule has 3 rings (SSSR count). The van der Waals surface area contributed by atoms with Gasteiger partial charge in [0, 0.05) is 6.04 Å². The Morgan fingerprint density at radius 2 is 1.70 bits per heavy atom. The van der Waals surface area contributed by atoms with Crippen molar-refractivity contribution >= 4 is 0 Å². The topological polar surface area (TPSA) is 41.5 Å². The number of para-hydroxylation sites is 1. The zero-order valence-corrected chi connectivity index (χ0v) is 11.3. The molecule has 3 heteroatoms. The minimum absolute atomic E-state index is 0.177. The number of hydrogen-bond acceptors (Lipinski definition) is 3. The molecule has 2 unspecified atom stereocenters. The lowest BCUT2D eigenvalue weighted by atomic mass is 10.0. The third-order valence-corrected chi connectivity index (χ3v) is 3.68. The number of ether oxygens (including phenoxy) is 1. The van der Waals surface area contributed by atoms with Gasteiger partial charge in [0.25, 0.3) is 0 Å². The van der Waals surface area contributed by atoms with Gasteiger partial charge >= 0.3 is 0 Å². The Kier molecular flexibility index (Phi) is 4.00. The van der Waals surface area contributed by atoms with E-state index in [-0.39, 0.29) is 6.04 Å². The number of aliphatic hydroxyl groups excluding tert-OH is 1. The fourth-order valence-electron chi connectivity index (χ4n) is 2.57. The van der Waals surface area contributed by atoms with Crippen molar-refractivity contribution in [3.63, 3.8) is 0 Å². The van der Waals surface area contributed by atoms with Crippen LogP contribution in [0.2, 0.25) is 0 Å². The van der Waals surface area contributed by atoms with E-state index in [1.54, 1.807) is 0 Å². The van der Waals surface area contributed by atoms with Gasteiger partial charge in [-0.3, -0.25) is 0 Å². The van der Waals surface area contributed by atoms with Crippen LogP contribution >= 0.6 is 0 Å². The maximum Gasteiger partial charge on any atom is 0.127 e. The van der Waals surface area contributed by atoms with Crippen LogP contribution in [0, 0.1) is 0 Å². The summed E-state index contributed by atoms with van der Waals surface area (Å²) < 4.78 is 5.74. The van der Waals surface area contributed by atoms with Gasteiger partial charge in [-0.25, -0.2) is 0 Å². The standard InChI is InChI=1S/C17H19NO2/c19-17(16-7-4-12-18-16)13-8-10-15(11-9-13)20-14-5-2-1-3-6-14/h1-3,5-6,8-11,16-19H,4,7,12H2. The average molecular weight is 269 g/mol. The molecule has 0 saturated carbocycles. The average Bonchev–Trinajstić information content (AvgIpc) is 3.03. The summed E-state index contributed by atoms with van der Waals surface area (Å²) in [6.45, 7) is 0.997. The van der Waals surface area contributed by atoms with Gasteiger partial charge in [0.1, 0.15) is 11.5 Å². The molecule has 2 atom stereocenters. The summed E-state index contributed by atoms with van der Waals surface area (Å²) >= 11 is 0. The second-order valence-electron chi connectivity index (χ2n) is 5.13. The number of hydrogen-bond donors (Lipinski definition) is 2. The number of aliphatic hydroxyl groups is 1. The third kappa shape index (κ3) is 3.00. The summed E-state index contributed by atoms with van der Waals surface area (Å²) in [4.78, 5) is 0. The van der Waals surface area contributed by atoms with Gasteiger partial charge in [0.2, 0.25) is 0 Å². The van der Waals surface area contributed by atoms with Crippen molar-refractivity contribution in [1.82, 2.24) is 5.32 Å². The molecule has 0 aromatic heterocycles. The Morgan fingerprint density at radius 3 is 2.35 bits per heavy atom. The predicted octanol–water partition coefficient (Wildman–Crippen LogP) is 3.26. The molecule has 2 aromatic carbocycles. The van der Waals surface area contributed by atoms with Crippen LogP contribution in [-0.2, 0) is 0 Å². The summed E-state index contributed by atoms with van der Waals surface area (Å²) in [7, 11) is 0. The SMILES string of the molecule is OC(c1ccc(Oc2ccccc2)cc1)C1CCCN1. The Morgan fingerprint density at radius 1 is 1.00 bits per heavy atom. The molecule has 1 aliphatic heterocycles. The highest BCUT2D eigenvalue weighted by Gasteiger charge is 2.23. The molecule has 0 bridgehead atoms. The van der Waals surface area contributed by atoms with Crippen LogP contribution in [0.3, 0.4) is 0 Å². The van der Waals surface area contributed by atoms with Gasteiger partial charge in [-0.05, 0) is 49.2 Å². The molecule has 1 aliphatic rings. The van der Waals surface area contributed by atoms with Crippen LogP contribution in [0.1, 0.15) is 24.5 Å². The monoisotopic (exact) mass is 269 g/mol. The van der Waals surface area contributed by atoms with Crippen LogP contribution in [0.15, 0.2) is 54.6 Å². The maximum absolute atomic E-state index is 10.3. The molecule has 0 amide bonds. The van der Waals surface area contributed by atoms with Crippen LogP contribution in [0.5, 0.6) is 11.5 Å². The lowest BCUT2D eigenvalue weighted by molar-refractivity contribution is 0.137. The molecular weight excluding hydrogens is 250 g/mol. The van der Waals surface area contributed by atoms with E-state index >= 15 is 0 Å². The van der Waals surface area contributed by atoms with Crippen molar-refractivity contribution in [1.29, 1.82) is 0 Å². The first-order valence-corrected chi connectivity index (χ1v) is 7.07. The molecule has 20 heavy (non-hydrogen) atoms. The fraction of sp³-hybridized carbons (Fsp3) is 0.294. The number of benzene rings is 2. The highest BCUT2D eigenvalue weighted by Crippen LogP contribution is 2.26. The minimum Gasteiger partial charge on any atom is -0.457 e. The van der Waals surface area contributed by atoms with E-state index in [2.05, 4.69) is 5.32 Å². The van der Waals surface area contributed by atoms with E-state index in [0.717, 1.165) is 36.4 Å². The number of rotatable bonds is 4. The summed E-state index contributed by atoms with van der Waals surface area (Å²) in [5.74, 6) is 1.60. The molecule has 0 spiro atoms. The maximum atomic E-state index is 10.3. The van der Waals surface area contributed by atoms with Gasteiger partial charge in [0.05, 0.1) is 6.10 Å². The molecule has 1 saturated heterocycles. The van der Waals surface area contributed by atoms with Gasteiger partial charge < -0.3 is 15.2 Å². The van der Waals surface area contributed by atoms with Gasteiger partial charge in [0.15, 0.2) is 0 Å². The second-order valence-corrected chi connectivity index (χ2v) is 5.13. The first kappa shape index (κ1) is 13.2. The highest BCUT2D eigenvalue weighted by atomic mass is 16.5. The zero-order chi connectivity index (χ0) is 13.8. The van der Waals surface area contributed by atoms with E-state index in [9.17, 15) is 5.11 Å². The minimum atomic E-state index is -0.441. The van der Waals surface area contributed by atoms with Gasteiger partial charge in [-0.1, -0.05) is 30.3 Å². The van der Waals surface area contributed by atoms with Crippen molar-refractivity contribution in [3.8, 4) is 11.5 Å². The van der Waals surface area contributed by atoms with Gasteiger partial charge in [-0.2, -0.15) is 0 Å². The summed E-state index contributed by atoms with van der Waals surface area (Å²) in [5.41, 5.74) is 0.935. The van der Waals surface area contributed by atoms with Gasteiger partial charge in [-0.15, -0.1) is 0 Å². The van der Waals surface area contributed by atoms with E-state index in [4.69, 9.17) is 4.74 Å². The van der Waals surface area contributed by atoms with Crippen molar-refractivity contribution in [2.24, 2.45) is 0 Å². The molecule has 1 heterocycles. The summed E-state index contributed by atoms with van der Waals surface area (Å²) in [6, 6.07) is 17.5. The quantitative estimate of drug-likeness (QED) is 0.895. The van der Waals surface area contributed by atoms with Crippen LogP contribution in [-0.4, -0.2) is 17.7 Å². The van der Waals surface area contributed by atoms with E-state index in [1.807, 2.05) is 54.6 Å². The second kappa shape index (κ2) is 6.07. The Hall–Kier alpha value is -1.84. The first-order chi connectivity index (χ1) is 9.83. The predicted molar refractivity (Wildman–Crippen MR) is 78.9 cm³/mol. The summed E-state index contributed by atoms with van der Waals surface area (Å²) in [5, 5.41) is 13.6. The Bertz CT molecular complexity index is 533. The van der Waals surface area contributed by atoms with Crippen molar-refractivity contribution < 1.29 is 9.84 Å². The largest absolute Gasteiger partial charge is 0.457 e. The van der Waals surface area contributed by atoms with Crippen molar-refractivity contribution in [3.05, 3.63) is 60.2 Å². The van der Waals surface area contributed by atoms with Crippen molar-refractivity contribution in [2.45, 2.75) is 25.0 Å². The van der Waals surface area contributed by atoms with Crippen LogP contribution in [0.25, 0.3) is 0 Å². The van der Waals surface area contributed by atoms with Crippen molar-refractivity contribution in [2.75, 3.05) is 6.54 Å². The molecule has 104 valence electrons. The molecule has 2 aromatic rings. The Labute approximate surface area is 119 Å². The van der Waals surface area contributed by atoms with Crippen LogP contribution < -0.4 is 10.1 Å². The molecule has 0 aliphatic carbocycles. The lowest BCUT2D eigenvalue weighted by Crippen LogP contribution is -2.28. The van der Waals surface area contributed by atoms with E-state index in [0.29, 0.717) is 0 Å². The normalized spacial score (nSPS) is 19.8. The molecule has 3 nitrogen and oxygen atoms in total. The molecule has 2 N–H and O–H groups in total. The molecule has 0 radical (unpaired) electrons. The van der Waals surface area contributed by atoms with Crippen LogP contribution in [0.4, 0.5) is 0 Å². The molecule has 1 fully saturated rings. The number of nitrogens with one attached hydrogen (secondary N) is 1. The first-order valence-electron chi connectivity index (χ1n) is 7.07. The Balaban J connectivity index is 1.68. The van der Waals surface area contributed by atoms with E-state index < -0.39 is 6.10 Å². The lowest BCUT2D eigenvalue weighted by Gasteiger charge is -2.18. The van der Waals surface area contributed by atoms with E-state index in [1.165, 1.54) is 0 Å². The fourth-order valence-corrected chi connectivity index (χ4v) is 2.57. The smallest absolute Gasteiger partial charge is 0.127 e. The highest BCUT2D eigenvalue weighted by molar-refractivity contribution is 5.34. The summed E-state index contributed by atoms with van der Waals surface area (Å²) in [6.07, 6.45) is 1.73.